The molecule has 0 atom stereocenters. The Hall–Kier alpha value is -0.370. The smallest absolute Gasteiger partial charge is 0.146 e. The molecule has 0 aliphatic carbocycles. The van der Waals surface area contributed by atoms with Gasteiger partial charge in [0.2, 0.25) is 0 Å². The molecule has 0 amide bonds. The van der Waals surface area contributed by atoms with Gasteiger partial charge in [0.15, 0.2) is 0 Å². The Morgan fingerprint density at radius 3 is 2.00 bits per heavy atom. The lowest BCUT2D eigenvalue weighted by atomic mass is 9.90. The van der Waals surface area contributed by atoms with Gasteiger partial charge in [0.05, 0.1) is 6.54 Å². The van der Waals surface area contributed by atoms with Crippen LogP contribution in [0.2, 0.25) is 0 Å². The third-order valence-electron chi connectivity index (χ3n) is 0.955. The van der Waals surface area contributed by atoms with Crippen LogP contribution in [0, 0.1) is 5.41 Å². The van der Waals surface area contributed by atoms with Crippen molar-refractivity contribution in [2.75, 3.05) is 6.54 Å². The van der Waals surface area contributed by atoms with E-state index in [1.165, 1.54) is 0 Å². The van der Waals surface area contributed by atoms with E-state index in [4.69, 9.17) is 5.73 Å². The van der Waals surface area contributed by atoms with Gasteiger partial charge >= 0.3 is 0 Å². The van der Waals surface area contributed by atoms with Gasteiger partial charge in [-0.05, 0) is 5.41 Å². The number of hydrogen-bond donors (Lipinski definition) is 1. The molecule has 0 bridgehead atoms. The fraction of sp³-hybridized carbons (Fsp3) is 0.857. The van der Waals surface area contributed by atoms with Crippen molar-refractivity contribution < 1.29 is 4.79 Å². The van der Waals surface area contributed by atoms with E-state index in [0.29, 0.717) is 6.42 Å². The monoisotopic (exact) mass is 129 g/mol. The van der Waals surface area contributed by atoms with E-state index < -0.39 is 0 Å². The van der Waals surface area contributed by atoms with Gasteiger partial charge in [-0.3, -0.25) is 4.79 Å². The number of ketones is 1. The predicted octanol–water partition coefficient (Wildman–Crippen LogP) is 0.950. The molecule has 2 N–H and O–H groups in total. The second-order valence-corrected chi connectivity index (χ2v) is 3.48. The minimum Gasteiger partial charge on any atom is -0.324 e. The van der Waals surface area contributed by atoms with Gasteiger partial charge in [0.1, 0.15) is 5.78 Å². The molecule has 0 fully saturated rings. The Morgan fingerprint density at radius 2 is 1.89 bits per heavy atom. The van der Waals surface area contributed by atoms with Crippen LogP contribution >= 0.6 is 0 Å². The average Bonchev–Trinajstić information content (AvgIpc) is 1.62. The summed E-state index contributed by atoms with van der Waals surface area (Å²) in [4.78, 5) is 10.7. The van der Waals surface area contributed by atoms with Crippen LogP contribution < -0.4 is 5.73 Å². The summed E-state index contributed by atoms with van der Waals surface area (Å²) in [6.45, 7) is 6.26. The van der Waals surface area contributed by atoms with Crippen LogP contribution in [0.5, 0.6) is 0 Å². The Kier molecular flexibility index (Phi) is 2.85. The molecule has 0 aromatic rings. The second kappa shape index (κ2) is 2.97. The number of hydrogen-bond acceptors (Lipinski definition) is 2. The van der Waals surface area contributed by atoms with Gasteiger partial charge in [-0.1, -0.05) is 20.8 Å². The van der Waals surface area contributed by atoms with Crippen LogP contribution in [-0.4, -0.2) is 12.3 Å². The summed E-state index contributed by atoms with van der Waals surface area (Å²) in [6, 6.07) is 0. The van der Waals surface area contributed by atoms with Crippen LogP contribution in [-0.2, 0) is 4.79 Å². The van der Waals surface area contributed by atoms with Crippen molar-refractivity contribution >= 4 is 5.78 Å². The zero-order valence-corrected chi connectivity index (χ0v) is 6.40. The quantitative estimate of drug-likeness (QED) is 0.603. The number of nitrogens with two attached hydrogens (primary N) is 1. The molecule has 0 saturated carbocycles. The lowest BCUT2D eigenvalue weighted by Crippen LogP contribution is -2.20. The average molecular weight is 129 g/mol. The topological polar surface area (TPSA) is 43.1 Å². The molecule has 0 radical (unpaired) electrons. The SMILES string of the molecule is CC(C)(C)CC(=O)CN. The molecular formula is C7H15NO. The zero-order chi connectivity index (χ0) is 7.49. The summed E-state index contributed by atoms with van der Waals surface area (Å²) in [5, 5.41) is 0. The summed E-state index contributed by atoms with van der Waals surface area (Å²) in [5.74, 6) is 0.141. The van der Waals surface area contributed by atoms with Gasteiger partial charge in [-0.2, -0.15) is 0 Å². The van der Waals surface area contributed by atoms with Crippen LogP contribution in [0.1, 0.15) is 27.2 Å². The van der Waals surface area contributed by atoms with Crippen LogP contribution in [0.25, 0.3) is 0 Å². The molecule has 0 spiro atoms. The molecule has 0 aromatic heterocycles. The Morgan fingerprint density at radius 1 is 1.44 bits per heavy atom. The van der Waals surface area contributed by atoms with Gasteiger partial charge in [-0.15, -0.1) is 0 Å². The van der Waals surface area contributed by atoms with Gasteiger partial charge in [0, 0.05) is 6.42 Å². The maximum atomic E-state index is 10.7. The third-order valence-corrected chi connectivity index (χ3v) is 0.955. The molecule has 0 rings (SSSR count). The summed E-state index contributed by atoms with van der Waals surface area (Å²) in [7, 11) is 0. The van der Waals surface area contributed by atoms with E-state index in [1.54, 1.807) is 0 Å². The first kappa shape index (κ1) is 8.63. The maximum Gasteiger partial charge on any atom is 0.146 e. The lowest BCUT2D eigenvalue weighted by molar-refractivity contribution is -0.119. The Balaban J connectivity index is 3.60. The highest BCUT2D eigenvalue weighted by molar-refractivity contribution is 5.80. The van der Waals surface area contributed by atoms with Gasteiger partial charge in [-0.25, -0.2) is 0 Å². The zero-order valence-electron chi connectivity index (χ0n) is 6.40. The number of Topliss-reactive ketones (excluding diaryl/α,β-unsaturated/α-hetero) is 1. The van der Waals surface area contributed by atoms with Crippen LogP contribution in [0.4, 0.5) is 0 Å². The minimum atomic E-state index is 0.0937. The third kappa shape index (κ3) is 5.50. The Labute approximate surface area is 56.4 Å². The number of carbonyl (C=O) groups is 1. The van der Waals surface area contributed by atoms with E-state index in [1.807, 2.05) is 20.8 Å². The van der Waals surface area contributed by atoms with E-state index in [9.17, 15) is 4.79 Å². The Bertz CT molecular complexity index is 102. The molecule has 2 nitrogen and oxygen atoms in total. The molecule has 0 aliphatic rings. The second-order valence-electron chi connectivity index (χ2n) is 3.48. The molecule has 0 heterocycles. The van der Waals surface area contributed by atoms with Crippen molar-refractivity contribution in [1.29, 1.82) is 0 Å². The summed E-state index contributed by atoms with van der Waals surface area (Å²) < 4.78 is 0. The molecule has 0 saturated heterocycles. The molecule has 0 unspecified atom stereocenters. The molecule has 0 aromatic carbocycles. The molecule has 54 valence electrons. The van der Waals surface area contributed by atoms with Crippen molar-refractivity contribution in [3.8, 4) is 0 Å². The van der Waals surface area contributed by atoms with Crippen molar-refractivity contribution in [2.45, 2.75) is 27.2 Å². The largest absolute Gasteiger partial charge is 0.324 e. The van der Waals surface area contributed by atoms with E-state index in [2.05, 4.69) is 0 Å². The maximum absolute atomic E-state index is 10.7. The molecule has 2 heteroatoms. The normalized spacial score (nSPS) is 11.6. The molecule has 9 heavy (non-hydrogen) atoms. The lowest BCUT2D eigenvalue weighted by Gasteiger charge is -2.15. The fourth-order valence-corrected chi connectivity index (χ4v) is 0.664. The van der Waals surface area contributed by atoms with E-state index in [-0.39, 0.29) is 17.7 Å². The molecule has 0 aliphatic heterocycles. The van der Waals surface area contributed by atoms with Crippen molar-refractivity contribution in [1.82, 2.24) is 0 Å². The first-order valence-corrected chi connectivity index (χ1v) is 3.17. The highest BCUT2D eigenvalue weighted by Crippen LogP contribution is 2.17. The van der Waals surface area contributed by atoms with E-state index in [0.717, 1.165) is 0 Å². The summed E-state index contributed by atoms with van der Waals surface area (Å²) in [5.41, 5.74) is 5.22. The summed E-state index contributed by atoms with van der Waals surface area (Å²) in [6.07, 6.45) is 0.587. The van der Waals surface area contributed by atoms with Gasteiger partial charge in [0.25, 0.3) is 0 Å². The first-order chi connectivity index (χ1) is 3.95. The highest BCUT2D eigenvalue weighted by atomic mass is 16.1. The first-order valence-electron chi connectivity index (χ1n) is 3.17. The van der Waals surface area contributed by atoms with Crippen molar-refractivity contribution in [2.24, 2.45) is 11.1 Å². The minimum absolute atomic E-state index is 0.0937. The summed E-state index contributed by atoms with van der Waals surface area (Å²) >= 11 is 0. The van der Waals surface area contributed by atoms with Crippen molar-refractivity contribution in [3.05, 3.63) is 0 Å². The molecular weight excluding hydrogens is 114 g/mol. The van der Waals surface area contributed by atoms with Gasteiger partial charge < -0.3 is 5.73 Å². The fourth-order valence-electron chi connectivity index (χ4n) is 0.664. The number of rotatable bonds is 2. The highest BCUT2D eigenvalue weighted by Gasteiger charge is 2.13. The number of carbonyl (C=O) groups excluding carboxylic acids is 1. The predicted molar refractivity (Wildman–Crippen MR) is 38.1 cm³/mol. The standard InChI is InChI=1S/C7H15NO/c1-7(2,3)4-6(9)5-8/h4-5,8H2,1-3H3. The van der Waals surface area contributed by atoms with Crippen molar-refractivity contribution in [3.63, 3.8) is 0 Å². The van der Waals surface area contributed by atoms with E-state index >= 15 is 0 Å². The van der Waals surface area contributed by atoms with Crippen LogP contribution in [0.3, 0.4) is 0 Å². The van der Waals surface area contributed by atoms with Crippen LogP contribution in [0.15, 0.2) is 0 Å².